The first-order chi connectivity index (χ1) is 16.5. The molecule has 0 aliphatic rings. The Balaban J connectivity index is 1.87. The molecule has 0 aliphatic heterocycles. The lowest BCUT2D eigenvalue weighted by atomic mass is 10.00. The van der Waals surface area contributed by atoms with Crippen LogP contribution in [0.15, 0.2) is 30.5 Å². The van der Waals surface area contributed by atoms with Crippen LogP contribution in [0.2, 0.25) is 5.02 Å². The Kier molecular flexibility index (Phi) is 8.11. The van der Waals surface area contributed by atoms with Crippen molar-refractivity contribution < 1.29 is 32.2 Å². The highest BCUT2D eigenvalue weighted by molar-refractivity contribution is 6.30. The highest BCUT2D eigenvalue weighted by Crippen LogP contribution is 2.28. The predicted molar refractivity (Wildman–Crippen MR) is 122 cm³/mol. The molecule has 2 heterocycles. The number of rotatable bonds is 10. The maximum Gasteiger partial charge on any atom is 0.405 e. The number of benzene rings is 1. The molecule has 0 bridgehead atoms. The number of nitrogens with two attached hydrogens (primary N) is 1. The zero-order chi connectivity index (χ0) is 25.8. The average Bonchev–Trinajstić information content (AvgIpc) is 3.11. The Morgan fingerprint density at radius 3 is 2.60 bits per heavy atom. The monoisotopic (exact) mass is 512 g/mol. The van der Waals surface area contributed by atoms with Crippen LogP contribution in [-0.4, -0.2) is 40.2 Å². The highest BCUT2D eigenvalue weighted by Gasteiger charge is 2.30. The largest absolute Gasteiger partial charge is 0.485 e. The van der Waals surface area contributed by atoms with Crippen molar-refractivity contribution in [3.05, 3.63) is 64.1 Å². The van der Waals surface area contributed by atoms with Gasteiger partial charge < -0.3 is 20.5 Å². The zero-order valence-corrected chi connectivity index (χ0v) is 19.8. The van der Waals surface area contributed by atoms with E-state index in [9.17, 15) is 22.8 Å². The molecule has 1 aromatic carbocycles. The van der Waals surface area contributed by atoms with Gasteiger partial charge in [-0.3, -0.25) is 13.6 Å². The van der Waals surface area contributed by atoms with Crippen LogP contribution in [-0.2, 0) is 11.3 Å². The summed E-state index contributed by atoms with van der Waals surface area (Å²) in [4.78, 5) is 28.7. The maximum atomic E-state index is 14.0. The van der Waals surface area contributed by atoms with E-state index in [0.717, 1.165) is 12.1 Å². The molecule has 0 spiro atoms. The van der Waals surface area contributed by atoms with Crippen molar-refractivity contribution >= 4 is 29.2 Å². The molecule has 2 aromatic heterocycles. The number of hydrogen-bond acceptors (Lipinski definition) is 5. The second-order valence-corrected chi connectivity index (χ2v) is 8.53. The van der Waals surface area contributed by atoms with Crippen molar-refractivity contribution in [1.29, 1.82) is 0 Å². The van der Waals surface area contributed by atoms with Gasteiger partial charge in [-0.25, -0.2) is 18.6 Å². The van der Waals surface area contributed by atoms with Crippen LogP contribution >= 0.6 is 11.6 Å². The lowest BCUT2D eigenvalue weighted by Gasteiger charge is -2.28. The average molecular weight is 513 g/mol. The Bertz CT molecular complexity index is 1230. The van der Waals surface area contributed by atoms with Gasteiger partial charge in [-0.15, -0.1) is 0 Å². The molecule has 0 saturated carbocycles. The molecular weight excluding hydrogens is 489 g/mol. The number of nitrogens with zero attached hydrogens (tertiary/aromatic N) is 2. The number of ether oxygens (including phenoxy) is 2. The number of amides is 2. The maximum absolute atomic E-state index is 14.0. The number of fused-ring (bicyclic) bond motifs is 1. The van der Waals surface area contributed by atoms with Gasteiger partial charge in [0, 0.05) is 12.3 Å². The molecule has 188 valence electrons. The molecule has 1 atom stereocenters. The predicted octanol–water partition coefficient (Wildman–Crippen LogP) is 4.49. The molecule has 0 fully saturated rings. The first-order valence-electron chi connectivity index (χ1n) is 10.6. The number of pyridine rings is 1. The number of aryl methyl sites for hydroxylation is 1. The normalized spacial score (nSPS) is 12.9. The number of alkyl halides is 1. The minimum Gasteiger partial charge on any atom is -0.485 e. The van der Waals surface area contributed by atoms with Gasteiger partial charge in [0.1, 0.15) is 29.5 Å². The smallest absolute Gasteiger partial charge is 0.405 e. The summed E-state index contributed by atoms with van der Waals surface area (Å²) >= 11 is 6.20. The summed E-state index contributed by atoms with van der Waals surface area (Å²) in [6, 6.07) is 4.88. The second-order valence-electron chi connectivity index (χ2n) is 8.10. The number of imidazole rings is 1. The zero-order valence-electron chi connectivity index (χ0n) is 19.0. The van der Waals surface area contributed by atoms with Gasteiger partial charge in [-0.2, -0.15) is 0 Å². The Hall–Kier alpha value is -3.47. The summed E-state index contributed by atoms with van der Waals surface area (Å²) in [6.07, 6.45) is 0.624. The number of carbonyl (C=O) groups is 2. The summed E-state index contributed by atoms with van der Waals surface area (Å²) < 4.78 is 52.7. The van der Waals surface area contributed by atoms with Gasteiger partial charge in [0.15, 0.2) is 11.4 Å². The van der Waals surface area contributed by atoms with E-state index in [-0.39, 0.29) is 47.1 Å². The number of carbonyl (C=O) groups excluding carboxylic acids is 2. The lowest BCUT2D eigenvalue weighted by Crippen LogP contribution is -2.45. The van der Waals surface area contributed by atoms with Crippen LogP contribution < -0.4 is 15.8 Å². The summed E-state index contributed by atoms with van der Waals surface area (Å²) in [5, 5.41) is 2.83. The van der Waals surface area contributed by atoms with E-state index in [0.29, 0.717) is 5.69 Å². The number of primary amides is 1. The molecule has 3 aromatic rings. The second kappa shape index (κ2) is 10.9. The third kappa shape index (κ3) is 6.16. The van der Waals surface area contributed by atoms with Crippen molar-refractivity contribution in [1.82, 2.24) is 14.7 Å². The summed E-state index contributed by atoms with van der Waals surface area (Å²) in [5.74, 6) is -2.01. The number of halogens is 4. The minimum absolute atomic E-state index is 0.104. The van der Waals surface area contributed by atoms with Crippen molar-refractivity contribution in [2.45, 2.75) is 38.9 Å². The van der Waals surface area contributed by atoms with E-state index in [1.165, 1.54) is 29.7 Å². The number of hydrogen-bond donors (Lipinski definition) is 2. The van der Waals surface area contributed by atoms with Crippen LogP contribution in [0.3, 0.4) is 0 Å². The highest BCUT2D eigenvalue weighted by atomic mass is 35.5. The van der Waals surface area contributed by atoms with Crippen molar-refractivity contribution in [3.8, 4) is 5.75 Å². The van der Waals surface area contributed by atoms with Crippen LogP contribution in [0.1, 0.15) is 41.5 Å². The van der Waals surface area contributed by atoms with Gasteiger partial charge in [0.05, 0.1) is 29.5 Å². The number of nitrogens with one attached hydrogen (secondary N) is 1. The molecule has 12 heteroatoms. The first kappa shape index (κ1) is 26.1. The minimum atomic E-state index is -1.22. The van der Waals surface area contributed by atoms with Gasteiger partial charge >= 0.3 is 6.09 Å². The Morgan fingerprint density at radius 1 is 1.29 bits per heavy atom. The fraction of sp³-hybridized carbons (Fsp3) is 0.348. The van der Waals surface area contributed by atoms with Crippen molar-refractivity contribution in [2.24, 2.45) is 5.73 Å². The van der Waals surface area contributed by atoms with Crippen LogP contribution in [0.25, 0.3) is 5.65 Å². The quantitative estimate of drug-likeness (QED) is 0.416. The molecule has 0 aliphatic carbocycles. The molecule has 2 amide bonds. The topological polar surface area (TPSA) is 108 Å². The number of aromatic nitrogens is 2. The molecule has 35 heavy (non-hydrogen) atoms. The Morgan fingerprint density at radius 2 is 1.97 bits per heavy atom. The third-order valence-electron chi connectivity index (χ3n) is 5.29. The Labute approximate surface area is 204 Å². The summed E-state index contributed by atoms with van der Waals surface area (Å²) in [5.41, 5.74) is 4.24. The van der Waals surface area contributed by atoms with E-state index in [1.54, 1.807) is 6.92 Å². The fourth-order valence-electron chi connectivity index (χ4n) is 3.61. The van der Waals surface area contributed by atoms with Crippen LogP contribution in [0.4, 0.5) is 18.0 Å². The fourth-order valence-corrected chi connectivity index (χ4v) is 3.80. The van der Waals surface area contributed by atoms with Gasteiger partial charge in [0.25, 0.3) is 5.91 Å². The molecule has 3 rings (SSSR count). The van der Waals surface area contributed by atoms with Crippen LogP contribution in [0.5, 0.6) is 5.75 Å². The van der Waals surface area contributed by atoms with Crippen molar-refractivity contribution in [2.75, 3.05) is 13.2 Å². The van der Waals surface area contributed by atoms with Crippen LogP contribution in [0, 0.1) is 18.6 Å². The summed E-state index contributed by atoms with van der Waals surface area (Å²) in [6.45, 7) is 1.91. The van der Waals surface area contributed by atoms with E-state index < -0.39 is 42.5 Å². The van der Waals surface area contributed by atoms with E-state index in [4.69, 9.17) is 26.8 Å². The molecular formula is C23H24ClF3N4O4. The third-order valence-corrected chi connectivity index (χ3v) is 5.49. The lowest BCUT2D eigenvalue weighted by molar-refractivity contribution is 0.0214. The van der Waals surface area contributed by atoms with Gasteiger partial charge in [-0.05, 0) is 38.8 Å². The van der Waals surface area contributed by atoms with Crippen molar-refractivity contribution in [3.63, 3.8) is 0 Å². The summed E-state index contributed by atoms with van der Waals surface area (Å²) in [7, 11) is 0. The van der Waals surface area contributed by atoms with E-state index >= 15 is 0 Å². The molecule has 0 saturated heterocycles. The molecule has 0 radical (unpaired) electrons. The standard InChI is InChI=1S/C23H24ClF3N4O4/c1-13-19(21(32)29-12-23(2,7-4-8-25)35-22(28)33)31-10-14(24)9-18(20(31)30-13)34-11-15-16(26)5-3-6-17(15)27/h3,5-6,9-10H,4,7-8,11-12H2,1-2H3,(H2,28,33)(H,29,32). The van der Waals surface area contributed by atoms with E-state index in [1.807, 2.05) is 0 Å². The SMILES string of the molecule is Cc1nc2c(OCc3c(F)cccc3F)cc(Cl)cn2c1C(=O)NCC(C)(CCCF)OC(N)=O. The van der Waals surface area contributed by atoms with Gasteiger partial charge in [-0.1, -0.05) is 17.7 Å². The molecule has 3 N–H and O–H groups in total. The van der Waals surface area contributed by atoms with Gasteiger partial charge in [0.2, 0.25) is 0 Å². The first-order valence-corrected chi connectivity index (χ1v) is 11.0. The molecule has 8 nitrogen and oxygen atoms in total. The molecule has 1 unspecified atom stereocenters. The van der Waals surface area contributed by atoms with E-state index in [2.05, 4.69) is 10.3 Å².